The van der Waals surface area contributed by atoms with E-state index in [4.69, 9.17) is 4.98 Å². The maximum absolute atomic E-state index is 11.8. The van der Waals surface area contributed by atoms with Crippen molar-refractivity contribution in [3.8, 4) is 11.3 Å². The summed E-state index contributed by atoms with van der Waals surface area (Å²) in [5.74, 6) is -0.911. The molecule has 0 spiro atoms. The normalized spacial score (nSPS) is 11.0. The predicted molar refractivity (Wildman–Crippen MR) is 102 cm³/mol. The smallest absolute Gasteiger partial charge is 0.336 e. The number of carboxylic acids is 1. The highest BCUT2D eigenvalue weighted by atomic mass is 16.4. The van der Waals surface area contributed by atoms with Crippen LogP contribution in [0.5, 0.6) is 0 Å². The Kier molecular flexibility index (Phi) is 5.13. The first kappa shape index (κ1) is 17.2. The van der Waals surface area contributed by atoms with Gasteiger partial charge in [0, 0.05) is 10.9 Å². The van der Waals surface area contributed by atoms with E-state index in [-0.39, 0.29) is 0 Å². The minimum Gasteiger partial charge on any atom is -0.478 e. The minimum absolute atomic E-state index is 0.318. The summed E-state index contributed by atoms with van der Waals surface area (Å²) < 4.78 is 0. The summed E-state index contributed by atoms with van der Waals surface area (Å²) in [6.45, 7) is 4.27. The Hall–Kier alpha value is -2.68. The molecule has 0 unspecified atom stereocenters. The van der Waals surface area contributed by atoms with Crippen LogP contribution in [0.15, 0.2) is 48.5 Å². The van der Waals surface area contributed by atoms with Crippen LogP contribution in [0.1, 0.15) is 48.2 Å². The van der Waals surface area contributed by atoms with Crippen LogP contribution in [0.2, 0.25) is 0 Å². The molecule has 3 aromatic rings. The van der Waals surface area contributed by atoms with Crippen molar-refractivity contribution in [3.63, 3.8) is 0 Å². The van der Waals surface area contributed by atoms with Gasteiger partial charge >= 0.3 is 5.97 Å². The lowest BCUT2D eigenvalue weighted by atomic mass is 10.00. The number of benzene rings is 2. The standard InChI is InChI=1S/C22H23NO2/c1-3-5-6-16-9-12-20-18(13-16)19(22(24)25)14-21(23-20)17-10-7-15(4-2)8-11-17/h7-14H,3-6H2,1-2H3,(H,24,25). The van der Waals surface area contributed by atoms with Gasteiger partial charge in [-0.05, 0) is 48.6 Å². The zero-order chi connectivity index (χ0) is 17.8. The van der Waals surface area contributed by atoms with Gasteiger partial charge in [-0.1, -0.05) is 50.6 Å². The molecular weight excluding hydrogens is 310 g/mol. The Morgan fingerprint density at radius 2 is 1.72 bits per heavy atom. The average molecular weight is 333 g/mol. The van der Waals surface area contributed by atoms with Crippen molar-refractivity contribution in [2.45, 2.75) is 39.5 Å². The molecular formula is C22H23NO2. The summed E-state index contributed by atoms with van der Waals surface area (Å²) in [6, 6.07) is 15.8. The molecule has 0 saturated heterocycles. The number of hydrogen-bond acceptors (Lipinski definition) is 2. The van der Waals surface area contributed by atoms with E-state index in [1.165, 1.54) is 11.1 Å². The van der Waals surface area contributed by atoms with E-state index in [1.54, 1.807) is 6.07 Å². The second kappa shape index (κ2) is 7.47. The van der Waals surface area contributed by atoms with Gasteiger partial charge in [0.25, 0.3) is 0 Å². The van der Waals surface area contributed by atoms with Gasteiger partial charge in [0.1, 0.15) is 0 Å². The number of unbranched alkanes of at least 4 members (excludes halogenated alkanes) is 1. The fourth-order valence-electron chi connectivity index (χ4n) is 3.05. The lowest BCUT2D eigenvalue weighted by molar-refractivity contribution is 0.0699. The number of aromatic nitrogens is 1. The van der Waals surface area contributed by atoms with E-state index in [1.807, 2.05) is 24.3 Å². The first-order valence-electron chi connectivity index (χ1n) is 8.88. The van der Waals surface area contributed by atoms with E-state index in [0.717, 1.165) is 42.1 Å². The molecule has 1 heterocycles. The number of pyridine rings is 1. The quantitative estimate of drug-likeness (QED) is 0.647. The summed E-state index contributed by atoms with van der Waals surface area (Å²) in [5, 5.41) is 10.4. The fraction of sp³-hybridized carbons (Fsp3) is 0.273. The molecule has 1 aromatic heterocycles. The Balaban J connectivity index is 2.10. The Labute approximate surface area is 148 Å². The third-order valence-electron chi connectivity index (χ3n) is 4.58. The number of carboxylic acid groups (broad SMARTS) is 1. The monoisotopic (exact) mass is 333 g/mol. The van der Waals surface area contributed by atoms with Gasteiger partial charge in [0.05, 0.1) is 16.8 Å². The fourth-order valence-corrected chi connectivity index (χ4v) is 3.05. The van der Waals surface area contributed by atoms with E-state index < -0.39 is 5.97 Å². The molecule has 0 amide bonds. The van der Waals surface area contributed by atoms with Crippen molar-refractivity contribution >= 4 is 16.9 Å². The summed E-state index contributed by atoms with van der Waals surface area (Å²) in [5.41, 5.74) is 5.11. The third-order valence-corrected chi connectivity index (χ3v) is 4.58. The van der Waals surface area contributed by atoms with Gasteiger partial charge in [-0.2, -0.15) is 0 Å². The second-order valence-electron chi connectivity index (χ2n) is 6.37. The molecule has 3 rings (SSSR count). The number of rotatable bonds is 6. The Morgan fingerprint density at radius 3 is 2.36 bits per heavy atom. The van der Waals surface area contributed by atoms with Crippen molar-refractivity contribution < 1.29 is 9.90 Å². The van der Waals surface area contributed by atoms with E-state index in [2.05, 4.69) is 32.0 Å². The van der Waals surface area contributed by atoms with E-state index in [0.29, 0.717) is 11.3 Å². The van der Waals surface area contributed by atoms with Crippen LogP contribution in [0.25, 0.3) is 22.2 Å². The zero-order valence-electron chi connectivity index (χ0n) is 14.7. The van der Waals surface area contributed by atoms with Gasteiger partial charge in [-0.25, -0.2) is 9.78 Å². The lowest BCUT2D eigenvalue weighted by Gasteiger charge is -2.09. The molecule has 0 atom stereocenters. The summed E-state index contributed by atoms with van der Waals surface area (Å²) in [6.07, 6.45) is 4.16. The maximum Gasteiger partial charge on any atom is 0.336 e. The van der Waals surface area contributed by atoms with E-state index >= 15 is 0 Å². The highest BCUT2D eigenvalue weighted by molar-refractivity contribution is 6.04. The summed E-state index contributed by atoms with van der Waals surface area (Å²) >= 11 is 0. The minimum atomic E-state index is -0.911. The number of nitrogens with zero attached hydrogens (tertiary/aromatic N) is 1. The van der Waals surface area contributed by atoms with Gasteiger partial charge in [-0.15, -0.1) is 0 Å². The molecule has 0 radical (unpaired) electrons. The molecule has 0 saturated carbocycles. The molecule has 0 aliphatic rings. The lowest BCUT2D eigenvalue weighted by Crippen LogP contribution is -2.01. The van der Waals surface area contributed by atoms with Crippen molar-refractivity contribution in [1.29, 1.82) is 0 Å². The third kappa shape index (κ3) is 3.71. The molecule has 3 nitrogen and oxygen atoms in total. The van der Waals surface area contributed by atoms with Crippen LogP contribution < -0.4 is 0 Å². The number of carbonyl (C=O) groups is 1. The van der Waals surface area contributed by atoms with Crippen LogP contribution in [0.4, 0.5) is 0 Å². The number of fused-ring (bicyclic) bond motifs is 1. The maximum atomic E-state index is 11.8. The van der Waals surface area contributed by atoms with Crippen LogP contribution in [-0.4, -0.2) is 16.1 Å². The number of aryl methyl sites for hydroxylation is 2. The molecule has 2 aromatic carbocycles. The first-order valence-corrected chi connectivity index (χ1v) is 8.88. The second-order valence-corrected chi connectivity index (χ2v) is 6.37. The highest BCUT2D eigenvalue weighted by Crippen LogP contribution is 2.26. The molecule has 0 aliphatic carbocycles. The molecule has 1 N–H and O–H groups in total. The van der Waals surface area contributed by atoms with Crippen LogP contribution in [0, 0.1) is 0 Å². The van der Waals surface area contributed by atoms with Crippen LogP contribution in [0.3, 0.4) is 0 Å². The van der Waals surface area contributed by atoms with Gasteiger partial charge < -0.3 is 5.11 Å². The first-order chi connectivity index (χ1) is 12.1. The molecule has 0 aliphatic heterocycles. The van der Waals surface area contributed by atoms with Crippen LogP contribution in [-0.2, 0) is 12.8 Å². The average Bonchev–Trinajstić information content (AvgIpc) is 2.65. The number of hydrogen-bond donors (Lipinski definition) is 1. The summed E-state index contributed by atoms with van der Waals surface area (Å²) in [7, 11) is 0. The Bertz CT molecular complexity index is 898. The van der Waals surface area contributed by atoms with Crippen molar-refractivity contribution in [3.05, 3.63) is 65.2 Å². The molecule has 25 heavy (non-hydrogen) atoms. The number of aromatic carboxylic acids is 1. The van der Waals surface area contributed by atoms with E-state index in [9.17, 15) is 9.90 Å². The molecule has 3 heteroatoms. The van der Waals surface area contributed by atoms with Gasteiger partial charge in [0.15, 0.2) is 0 Å². The van der Waals surface area contributed by atoms with Gasteiger partial charge in [0.2, 0.25) is 0 Å². The Morgan fingerprint density at radius 1 is 1.00 bits per heavy atom. The van der Waals surface area contributed by atoms with Crippen molar-refractivity contribution in [2.24, 2.45) is 0 Å². The zero-order valence-corrected chi connectivity index (χ0v) is 14.7. The molecule has 0 fully saturated rings. The summed E-state index contributed by atoms with van der Waals surface area (Å²) in [4.78, 5) is 16.5. The topological polar surface area (TPSA) is 50.2 Å². The molecule has 128 valence electrons. The SMILES string of the molecule is CCCCc1ccc2nc(-c3ccc(CC)cc3)cc(C(=O)O)c2c1. The van der Waals surface area contributed by atoms with Crippen molar-refractivity contribution in [1.82, 2.24) is 4.98 Å². The molecule has 0 bridgehead atoms. The van der Waals surface area contributed by atoms with Crippen LogP contribution >= 0.6 is 0 Å². The van der Waals surface area contributed by atoms with Crippen molar-refractivity contribution in [2.75, 3.05) is 0 Å². The predicted octanol–water partition coefficient (Wildman–Crippen LogP) is 5.51. The largest absolute Gasteiger partial charge is 0.478 e. The van der Waals surface area contributed by atoms with Gasteiger partial charge in [-0.3, -0.25) is 0 Å². The highest BCUT2D eigenvalue weighted by Gasteiger charge is 2.13.